The maximum absolute atomic E-state index is 12.5. The van der Waals surface area contributed by atoms with E-state index in [1.807, 2.05) is 45.9 Å². The van der Waals surface area contributed by atoms with Crippen molar-refractivity contribution in [2.75, 3.05) is 11.9 Å². The van der Waals surface area contributed by atoms with Crippen LogP contribution in [0.1, 0.15) is 38.8 Å². The summed E-state index contributed by atoms with van der Waals surface area (Å²) in [5.74, 6) is 0.767. The summed E-state index contributed by atoms with van der Waals surface area (Å²) < 4.78 is 11.6. The summed E-state index contributed by atoms with van der Waals surface area (Å²) in [6, 6.07) is 6.00. The lowest BCUT2D eigenvalue weighted by Gasteiger charge is -2.26. The van der Waals surface area contributed by atoms with E-state index in [0.717, 1.165) is 40.1 Å². The van der Waals surface area contributed by atoms with Gasteiger partial charge in [0.2, 0.25) is 0 Å². The first-order chi connectivity index (χ1) is 12.2. The van der Waals surface area contributed by atoms with E-state index < -0.39 is 5.60 Å². The van der Waals surface area contributed by atoms with Gasteiger partial charge in [0.1, 0.15) is 17.5 Å². The minimum Gasteiger partial charge on any atom is -0.488 e. The molecule has 1 amide bonds. The number of rotatable bonds is 2. The van der Waals surface area contributed by atoms with Crippen LogP contribution < -0.4 is 9.64 Å². The fourth-order valence-corrected chi connectivity index (χ4v) is 3.30. The molecule has 0 spiro atoms. The average Bonchev–Trinajstić information content (AvgIpc) is 2.93. The van der Waals surface area contributed by atoms with Crippen LogP contribution in [-0.2, 0) is 11.2 Å². The number of pyridine rings is 1. The molecule has 1 aromatic heterocycles. The van der Waals surface area contributed by atoms with Gasteiger partial charge >= 0.3 is 6.09 Å². The molecule has 0 bridgehead atoms. The van der Waals surface area contributed by atoms with Crippen LogP contribution in [0.3, 0.4) is 0 Å². The lowest BCUT2D eigenvalue weighted by atomic mass is 9.92. The first kappa shape index (κ1) is 18.2. The van der Waals surface area contributed by atoms with Gasteiger partial charge in [0, 0.05) is 31.4 Å². The predicted molar refractivity (Wildman–Crippen MR) is 103 cm³/mol. The van der Waals surface area contributed by atoms with Crippen LogP contribution in [0.4, 0.5) is 10.5 Å². The normalized spacial score (nSPS) is 16.0. The third kappa shape index (κ3) is 3.52. The van der Waals surface area contributed by atoms with Gasteiger partial charge in [-0.1, -0.05) is 0 Å². The zero-order valence-electron chi connectivity index (χ0n) is 16.3. The Balaban J connectivity index is 2.08. The van der Waals surface area contributed by atoms with Gasteiger partial charge in [-0.15, -0.1) is 0 Å². The Morgan fingerprint density at radius 3 is 2.58 bits per heavy atom. The van der Waals surface area contributed by atoms with Gasteiger partial charge < -0.3 is 9.47 Å². The highest BCUT2D eigenvalue weighted by Crippen LogP contribution is 2.45. The number of ether oxygens (including phenoxy) is 2. The Labute approximate surface area is 155 Å². The summed E-state index contributed by atoms with van der Waals surface area (Å²) in [7, 11) is 1.72. The summed E-state index contributed by atoms with van der Waals surface area (Å²) in [5.41, 5.74) is 4.70. The molecule has 1 aliphatic heterocycles. The zero-order valence-corrected chi connectivity index (χ0v) is 16.3. The fraction of sp³-hybridized carbons (Fsp3) is 0.429. The van der Waals surface area contributed by atoms with Crippen LogP contribution in [0.15, 0.2) is 30.6 Å². The Morgan fingerprint density at radius 1 is 1.31 bits per heavy atom. The number of aromatic nitrogens is 1. The number of carbonyl (C=O) groups excluding carboxylic acids is 1. The molecule has 0 N–H and O–H groups in total. The molecule has 1 aromatic carbocycles. The van der Waals surface area contributed by atoms with Crippen molar-refractivity contribution >= 4 is 11.8 Å². The molecular weight excluding hydrogens is 328 g/mol. The van der Waals surface area contributed by atoms with Crippen molar-refractivity contribution in [3.05, 3.63) is 41.7 Å². The standard InChI is InChI=1S/C21H26N2O3/c1-13-11-17(23(6)20(24)26-21(3,4)5)19-16(12-14(2)25-19)18(13)15-7-9-22-10-8-15/h7-11,14H,12H2,1-6H3/t14-/m1/s1. The molecule has 2 heterocycles. The molecule has 1 atom stereocenters. The molecule has 0 radical (unpaired) electrons. The summed E-state index contributed by atoms with van der Waals surface area (Å²) in [5, 5.41) is 0. The topological polar surface area (TPSA) is 51.7 Å². The van der Waals surface area contributed by atoms with Crippen molar-refractivity contribution in [1.82, 2.24) is 4.98 Å². The smallest absolute Gasteiger partial charge is 0.414 e. The summed E-state index contributed by atoms with van der Waals surface area (Å²) in [4.78, 5) is 18.2. The van der Waals surface area contributed by atoms with Crippen LogP contribution in [0.5, 0.6) is 5.75 Å². The molecule has 0 saturated carbocycles. The second-order valence-corrected chi connectivity index (χ2v) is 7.80. The number of nitrogens with zero attached hydrogens (tertiary/aromatic N) is 2. The maximum atomic E-state index is 12.5. The third-order valence-corrected chi connectivity index (χ3v) is 4.36. The fourth-order valence-electron chi connectivity index (χ4n) is 3.30. The highest BCUT2D eigenvalue weighted by molar-refractivity contribution is 5.92. The van der Waals surface area contributed by atoms with E-state index in [-0.39, 0.29) is 12.2 Å². The van der Waals surface area contributed by atoms with Gasteiger partial charge in [-0.3, -0.25) is 9.88 Å². The number of fused-ring (bicyclic) bond motifs is 1. The van der Waals surface area contributed by atoms with Gasteiger partial charge in [0.05, 0.1) is 5.69 Å². The number of anilines is 1. The molecule has 0 saturated heterocycles. The Kier molecular flexibility index (Phi) is 4.65. The molecule has 0 unspecified atom stereocenters. The number of hydrogen-bond donors (Lipinski definition) is 0. The number of hydrogen-bond acceptors (Lipinski definition) is 4. The highest BCUT2D eigenvalue weighted by Gasteiger charge is 2.31. The van der Waals surface area contributed by atoms with E-state index in [0.29, 0.717) is 0 Å². The van der Waals surface area contributed by atoms with E-state index in [1.165, 1.54) is 4.90 Å². The van der Waals surface area contributed by atoms with E-state index in [1.54, 1.807) is 19.4 Å². The van der Waals surface area contributed by atoms with Crippen LogP contribution >= 0.6 is 0 Å². The maximum Gasteiger partial charge on any atom is 0.414 e. The minimum absolute atomic E-state index is 0.0678. The lowest BCUT2D eigenvalue weighted by Crippen LogP contribution is -2.34. The second kappa shape index (κ2) is 6.63. The summed E-state index contributed by atoms with van der Waals surface area (Å²) >= 11 is 0. The minimum atomic E-state index is -0.547. The monoisotopic (exact) mass is 354 g/mol. The molecule has 138 valence electrons. The third-order valence-electron chi connectivity index (χ3n) is 4.36. The molecule has 26 heavy (non-hydrogen) atoms. The summed E-state index contributed by atoms with van der Waals surface area (Å²) in [6.45, 7) is 9.69. The average molecular weight is 354 g/mol. The molecule has 0 aliphatic carbocycles. The van der Waals surface area contributed by atoms with Crippen molar-refractivity contribution in [2.24, 2.45) is 0 Å². The van der Waals surface area contributed by atoms with Crippen LogP contribution in [0.2, 0.25) is 0 Å². The van der Waals surface area contributed by atoms with Gasteiger partial charge in [-0.25, -0.2) is 4.79 Å². The van der Waals surface area contributed by atoms with Crippen LogP contribution in [-0.4, -0.2) is 29.8 Å². The van der Waals surface area contributed by atoms with Gasteiger partial charge in [-0.05, 0) is 69.5 Å². The first-order valence-corrected chi connectivity index (χ1v) is 8.87. The molecule has 5 nitrogen and oxygen atoms in total. The van der Waals surface area contributed by atoms with Crippen LogP contribution in [0, 0.1) is 6.92 Å². The molecule has 5 heteroatoms. The SMILES string of the molecule is Cc1cc(N(C)C(=O)OC(C)(C)C)c2c(c1-c1ccncc1)C[C@@H](C)O2. The van der Waals surface area contributed by atoms with Gasteiger partial charge in [0.15, 0.2) is 0 Å². The van der Waals surface area contributed by atoms with E-state index in [2.05, 4.69) is 11.9 Å². The van der Waals surface area contributed by atoms with E-state index in [9.17, 15) is 4.79 Å². The Morgan fingerprint density at radius 2 is 1.96 bits per heavy atom. The van der Waals surface area contributed by atoms with Crippen molar-refractivity contribution < 1.29 is 14.3 Å². The number of amides is 1. The molecular formula is C21H26N2O3. The molecule has 0 fully saturated rings. The lowest BCUT2D eigenvalue weighted by molar-refractivity contribution is 0.0588. The highest BCUT2D eigenvalue weighted by atomic mass is 16.6. The zero-order chi connectivity index (χ0) is 19.1. The second-order valence-electron chi connectivity index (χ2n) is 7.80. The molecule has 3 rings (SSSR count). The van der Waals surface area contributed by atoms with E-state index in [4.69, 9.17) is 9.47 Å². The number of aryl methyl sites for hydroxylation is 1. The van der Waals surface area contributed by atoms with Gasteiger partial charge in [0.25, 0.3) is 0 Å². The van der Waals surface area contributed by atoms with Crippen molar-refractivity contribution in [1.29, 1.82) is 0 Å². The number of carbonyl (C=O) groups is 1. The van der Waals surface area contributed by atoms with E-state index >= 15 is 0 Å². The van der Waals surface area contributed by atoms with Crippen molar-refractivity contribution in [3.63, 3.8) is 0 Å². The predicted octanol–water partition coefficient (Wildman–Crippen LogP) is 4.75. The Bertz CT molecular complexity index is 825. The number of benzene rings is 1. The van der Waals surface area contributed by atoms with Crippen molar-refractivity contribution in [2.45, 2.75) is 52.7 Å². The molecule has 2 aromatic rings. The quantitative estimate of drug-likeness (QED) is 0.781. The largest absolute Gasteiger partial charge is 0.488 e. The van der Waals surface area contributed by atoms with Crippen molar-refractivity contribution in [3.8, 4) is 16.9 Å². The van der Waals surface area contributed by atoms with Gasteiger partial charge in [-0.2, -0.15) is 0 Å². The van der Waals surface area contributed by atoms with Crippen LogP contribution in [0.25, 0.3) is 11.1 Å². The molecule has 1 aliphatic rings. The summed E-state index contributed by atoms with van der Waals surface area (Å²) in [6.07, 6.45) is 4.07. The first-order valence-electron chi connectivity index (χ1n) is 8.87. The Hall–Kier alpha value is -2.56.